The number of rotatable bonds is 3. The van der Waals surface area contributed by atoms with E-state index < -0.39 is 0 Å². The molecule has 1 N–H and O–H groups in total. The second kappa shape index (κ2) is 6.98. The molecule has 0 spiro atoms. The van der Waals surface area contributed by atoms with Crippen molar-refractivity contribution in [2.75, 3.05) is 36.0 Å². The largest absolute Gasteiger partial charge is 0.368 e. The van der Waals surface area contributed by atoms with Gasteiger partial charge in [0.15, 0.2) is 0 Å². The first-order chi connectivity index (χ1) is 12.7. The predicted octanol–water partition coefficient (Wildman–Crippen LogP) is 2.83. The van der Waals surface area contributed by atoms with Crippen molar-refractivity contribution >= 4 is 17.3 Å². The van der Waals surface area contributed by atoms with Crippen molar-refractivity contribution in [3.63, 3.8) is 0 Å². The fraction of sp³-hybridized carbons (Fsp3) is 0.381. The number of carbonyl (C=O) groups excluding carboxylic acids is 1. The molecule has 2 aliphatic heterocycles. The Balaban J connectivity index is 1.64. The van der Waals surface area contributed by atoms with Gasteiger partial charge in [-0.05, 0) is 49.2 Å². The summed E-state index contributed by atoms with van der Waals surface area (Å²) in [4.78, 5) is 17.4. The highest BCUT2D eigenvalue weighted by molar-refractivity contribution is 5.82. The minimum Gasteiger partial charge on any atom is -0.368 e. The molecule has 2 aliphatic rings. The summed E-state index contributed by atoms with van der Waals surface area (Å²) in [5.74, 6) is -0.176. The number of nitrogens with zero attached hydrogens (tertiary/aromatic N) is 2. The molecule has 5 heteroatoms. The van der Waals surface area contributed by atoms with Crippen molar-refractivity contribution in [1.29, 1.82) is 0 Å². The highest BCUT2D eigenvalue weighted by atomic mass is 19.1. The Kier molecular flexibility index (Phi) is 4.53. The molecule has 2 aromatic carbocycles. The van der Waals surface area contributed by atoms with Gasteiger partial charge in [-0.3, -0.25) is 4.79 Å². The van der Waals surface area contributed by atoms with Gasteiger partial charge in [-0.1, -0.05) is 18.2 Å². The van der Waals surface area contributed by atoms with Crippen molar-refractivity contribution in [3.05, 3.63) is 59.9 Å². The predicted molar refractivity (Wildman–Crippen MR) is 102 cm³/mol. The number of benzene rings is 2. The molecule has 4 rings (SSSR count). The van der Waals surface area contributed by atoms with E-state index in [1.54, 1.807) is 0 Å². The van der Waals surface area contributed by atoms with Crippen molar-refractivity contribution < 1.29 is 9.18 Å². The van der Waals surface area contributed by atoms with Crippen LogP contribution in [0.2, 0.25) is 0 Å². The van der Waals surface area contributed by atoms with E-state index in [2.05, 4.69) is 33.3 Å². The summed E-state index contributed by atoms with van der Waals surface area (Å²) in [7, 11) is 0. The summed E-state index contributed by atoms with van der Waals surface area (Å²) in [6, 6.07) is 15.2. The smallest absolute Gasteiger partial charge is 0.225 e. The summed E-state index contributed by atoms with van der Waals surface area (Å²) in [5.41, 5.74) is 3.51. The number of hydrogen-bond acceptors (Lipinski definition) is 3. The summed E-state index contributed by atoms with van der Waals surface area (Å²) < 4.78 is 13.3. The van der Waals surface area contributed by atoms with Gasteiger partial charge in [0.2, 0.25) is 5.91 Å². The van der Waals surface area contributed by atoms with Crippen LogP contribution in [0.1, 0.15) is 12.5 Å². The van der Waals surface area contributed by atoms with Crippen molar-refractivity contribution in [2.24, 2.45) is 5.92 Å². The average Bonchev–Trinajstić information content (AvgIpc) is 2.67. The molecule has 0 bridgehead atoms. The number of fused-ring (bicyclic) bond motifs is 3. The minimum absolute atomic E-state index is 0.0758. The second-order valence-electron chi connectivity index (χ2n) is 7.02. The molecule has 1 fully saturated rings. The first-order valence-electron chi connectivity index (χ1n) is 9.30. The van der Waals surface area contributed by atoms with Crippen LogP contribution in [0.5, 0.6) is 0 Å². The first-order valence-corrected chi connectivity index (χ1v) is 9.30. The second-order valence-corrected chi connectivity index (χ2v) is 7.02. The zero-order valence-electron chi connectivity index (χ0n) is 15.0. The van der Waals surface area contributed by atoms with E-state index in [0.717, 1.165) is 31.7 Å². The molecule has 0 aromatic heterocycles. The van der Waals surface area contributed by atoms with Crippen LogP contribution >= 0.6 is 0 Å². The van der Waals surface area contributed by atoms with Gasteiger partial charge in [-0.25, -0.2) is 4.39 Å². The Morgan fingerprint density at radius 1 is 1.15 bits per heavy atom. The number of anilines is 2. The third-order valence-electron chi connectivity index (χ3n) is 5.50. The van der Waals surface area contributed by atoms with E-state index in [1.807, 2.05) is 25.1 Å². The molecule has 2 atom stereocenters. The number of piperazine rings is 1. The first kappa shape index (κ1) is 16.9. The SMILES string of the molecule is CCNC(=O)[C@H]1Cc2ccccc2N2CCN(c3ccc(F)cc3)C[C@H]12. The summed E-state index contributed by atoms with van der Waals surface area (Å²) in [6.07, 6.45) is 0.764. The number of nitrogens with one attached hydrogen (secondary N) is 1. The van der Waals surface area contributed by atoms with Crippen molar-refractivity contribution in [3.8, 4) is 0 Å². The quantitative estimate of drug-likeness (QED) is 0.922. The Morgan fingerprint density at radius 2 is 1.92 bits per heavy atom. The van der Waals surface area contributed by atoms with E-state index in [0.29, 0.717) is 6.54 Å². The Hall–Kier alpha value is -2.56. The average molecular weight is 353 g/mol. The molecule has 2 aromatic rings. The molecular formula is C21H24FN3O. The van der Waals surface area contributed by atoms with Gasteiger partial charge in [0.1, 0.15) is 5.82 Å². The van der Waals surface area contributed by atoms with Gasteiger partial charge in [0, 0.05) is 37.6 Å². The molecule has 136 valence electrons. The van der Waals surface area contributed by atoms with Gasteiger partial charge in [-0.15, -0.1) is 0 Å². The number of hydrogen-bond donors (Lipinski definition) is 1. The highest BCUT2D eigenvalue weighted by Crippen LogP contribution is 2.36. The monoisotopic (exact) mass is 353 g/mol. The summed E-state index contributed by atoms with van der Waals surface area (Å²) in [6.45, 7) is 5.08. The number of amides is 1. The molecule has 0 aliphatic carbocycles. The van der Waals surface area contributed by atoms with Crippen molar-refractivity contribution in [1.82, 2.24) is 5.32 Å². The number of carbonyl (C=O) groups is 1. The zero-order valence-corrected chi connectivity index (χ0v) is 15.0. The number of halogens is 1. The van der Waals surface area contributed by atoms with Gasteiger partial charge in [-0.2, -0.15) is 0 Å². The van der Waals surface area contributed by atoms with Crippen LogP contribution in [0.15, 0.2) is 48.5 Å². The molecule has 1 saturated heterocycles. The molecular weight excluding hydrogens is 329 g/mol. The molecule has 0 unspecified atom stereocenters. The lowest BCUT2D eigenvalue weighted by Gasteiger charge is -2.49. The van der Waals surface area contributed by atoms with Crippen molar-refractivity contribution in [2.45, 2.75) is 19.4 Å². The third kappa shape index (κ3) is 3.02. The van der Waals surface area contributed by atoms with E-state index in [-0.39, 0.29) is 23.7 Å². The van der Waals surface area contributed by atoms with E-state index >= 15 is 0 Å². The topological polar surface area (TPSA) is 35.6 Å². The summed E-state index contributed by atoms with van der Waals surface area (Å²) in [5, 5.41) is 3.01. The Morgan fingerprint density at radius 3 is 2.69 bits per heavy atom. The molecule has 2 heterocycles. The Labute approximate surface area is 153 Å². The van der Waals surface area contributed by atoms with Crippen LogP contribution in [-0.2, 0) is 11.2 Å². The molecule has 0 radical (unpaired) electrons. The highest BCUT2D eigenvalue weighted by Gasteiger charge is 2.41. The van der Waals surface area contributed by atoms with Gasteiger partial charge in [0.05, 0.1) is 12.0 Å². The number of para-hydroxylation sites is 1. The lowest BCUT2D eigenvalue weighted by molar-refractivity contribution is -0.125. The third-order valence-corrected chi connectivity index (χ3v) is 5.50. The van der Waals surface area contributed by atoms with E-state index in [9.17, 15) is 9.18 Å². The van der Waals surface area contributed by atoms with Crippen LogP contribution in [-0.4, -0.2) is 38.1 Å². The van der Waals surface area contributed by atoms with Gasteiger partial charge < -0.3 is 15.1 Å². The van der Waals surface area contributed by atoms with Gasteiger partial charge >= 0.3 is 0 Å². The van der Waals surface area contributed by atoms with Crippen LogP contribution in [0.3, 0.4) is 0 Å². The zero-order chi connectivity index (χ0) is 18.1. The van der Waals surface area contributed by atoms with Gasteiger partial charge in [0.25, 0.3) is 0 Å². The fourth-order valence-electron chi connectivity index (χ4n) is 4.25. The van der Waals surface area contributed by atoms with Crippen LogP contribution < -0.4 is 15.1 Å². The maximum absolute atomic E-state index is 13.3. The fourth-order valence-corrected chi connectivity index (χ4v) is 4.25. The normalized spacial score (nSPS) is 21.8. The molecule has 1 amide bonds. The lowest BCUT2D eigenvalue weighted by atomic mass is 9.83. The lowest BCUT2D eigenvalue weighted by Crippen LogP contribution is -2.61. The van der Waals surface area contributed by atoms with Crippen LogP contribution in [0.25, 0.3) is 0 Å². The Bertz CT molecular complexity index is 792. The van der Waals surface area contributed by atoms with E-state index in [4.69, 9.17) is 0 Å². The van der Waals surface area contributed by atoms with Crippen LogP contribution in [0, 0.1) is 11.7 Å². The van der Waals surface area contributed by atoms with E-state index in [1.165, 1.54) is 23.4 Å². The molecule has 4 nitrogen and oxygen atoms in total. The van der Waals surface area contributed by atoms with Crippen LogP contribution in [0.4, 0.5) is 15.8 Å². The minimum atomic E-state index is -0.223. The maximum Gasteiger partial charge on any atom is 0.225 e. The molecule has 26 heavy (non-hydrogen) atoms. The standard InChI is InChI=1S/C21H24FN3O/c1-2-23-21(26)18-13-15-5-3-4-6-19(15)25-12-11-24(14-20(18)25)17-9-7-16(22)8-10-17/h3-10,18,20H,2,11-14H2,1H3,(H,23,26)/t18-,20+/m0/s1. The maximum atomic E-state index is 13.3. The molecule has 0 saturated carbocycles. The summed E-state index contributed by atoms with van der Waals surface area (Å²) >= 11 is 0.